The third-order valence-corrected chi connectivity index (χ3v) is 5.06. The summed E-state index contributed by atoms with van der Waals surface area (Å²) in [7, 11) is 1.66. The fraction of sp³-hybridized carbons (Fsp3) is 0.778. The summed E-state index contributed by atoms with van der Waals surface area (Å²) in [5.41, 5.74) is 0. The standard InChI is InChI=1S/C18H29N3O4/c1-13(22)21(2)12-16-19-18(25-20-16)15(11-17(23)24)10-6-9-14-7-4-3-5-8-14/h14-15H,3-12H2,1-2H3,(H,23,24)/t15-/m0/s1. The third kappa shape index (κ3) is 6.48. The summed E-state index contributed by atoms with van der Waals surface area (Å²) in [6.07, 6.45) is 9.44. The summed E-state index contributed by atoms with van der Waals surface area (Å²) < 4.78 is 5.29. The molecule has 1 fully saturated rings. The molecule has 1 saturated carbocycles. The van der Waals surface area contributed by atoms with Crippen LogP contribution in [0.5, 0.6) is 0 Å². The number of carboxylic acids is 1. The Morgan fingerprint density at radius 1 is 1.32 bits per heavy atom. The van der Waals surface area contributed by atoms with Gasteiger partial charge in [0.05, 0.1) is 13.0 Å². The highest BCUT2D eigenvalue weighted by Crippen LogP contribution is 2.31. The van der Waals surface area contributed by atoms with Crippen molar-refractivity contribution >= 4 is 11.9 Å². The first-order valence-corrected chi connectivity index (χ1v) is 9.21. The average molecular weight is 351 g/mol. The first-order chi connectivity index (χ1) is 12.0. The van der Waals surface area contributed by atoms with Crippen LogP contribution in [0.25, 0.3) is 0 Å². The first kappa shape index (κ1) is 19.4. The van der Waals surface area contributed by atoms with Gasteiger partial charge in [-0.15, -0.1) is 0 Å². The summed E-state index contributed by atoms with van der Waals surface area (Å²) in [5, 5.41) is 13.1. The van der Waals surface area contributed by atoms with Gasteiger partial charge in [-0.3, -0.25) is 9.59 Å². The van der Waals surface area contributed by atoms with Crippen LogP contribution in [0.4, 0.5) is 0 Å². The van der Waals surface area contributed by atoms with Gasteiger partial charge in [0.2, 0.25) is 11.8 Å². The molecule has 1 aliphatic rings. The van der Waals surface area contributed by atoms with Gasteiger partial charge in [-0.1, -0.05) is 50.1 Å². The van der Waals surface area contributed by atoms with E-state index in [4.69, 9.17) is 4.52 Å². The Balaban J connectivity index is 1.90. The molecule has 0 saturated heterocycles. The van der Waals surface area contributed by atoms with E-state index >= 15 is 0 Å². The van der Waals surface area contributed by atoms with Crippen molar-refractivity contribution < 1.29 is 19.2 Å². The predicted molar refractivity (Wildman–Crippen MR) is 91.9 cm³/mol. The van der Waals surface area contributed by atoms with E-state index in [-0.39, 0.29) is 24.8 Å². The van der Waals surface area contributed by atoms with Gasteiger partial charge in [0.15, 0.2) is 5.82 Å². The van der Waals surface area contributed by atoms with Gasteiger partial charge < -0.3 is 14.5 Å². The minimum Gasteiger partial charge on any atom is -0.481 e. The third-order valence-electron chi connectivity index (χ3n) is 5.06. The number of amides is 1. The van der Waals surface area contributed by atoms with Gasteiger partial charge >= 0.3 is 5.97 Å². The number of hydrogen-bond donors (Lipinski definition) is 1. The molecular weight excluding hydrogens is 322 g/mol. The smallest absolute Gasteiger partial charge is 0.304 e. The molecule has 0 unspecified atom stereocenters. The van der Waals surface area contributed by atoms with Gasteiger partial charge in [-0.25, -0.2) is 0 Å². The van der Waals surface area contributed by atoms with Crippen LogP contribution in [0.2, 0.25) is 0 Å². The van der Waals surface area contributed by atoms with Crippen molar-refractivity contribution in [2.24, 2.45) is 5.92 Å². The molecule has 2 rings (SSSR count). The Morgan fingerprint density at radius 3 is 2.68 bits per heavy atom. The molecule has 1 N–H and O–H groups in total. The molecule has 0 bridgehead atoms. The number of aliphatic carboxylic acids is 1. The Labute approximate surface area is 148 Å². The van der Waals surface area contributed by atoms with E-state index in [0.717, 1.165) is 25.2 Å². The van der Waals surface area contributed by atoms with Crippen LogP contribution in [0.3, 0.4) is 0 Å². The maximum absolute atomic E-state index is 11.3. The Bertz CT molecular complexity index is 566. The Morgan fingerprint density at radius 2 is 2.04 bits per heavy atom. The van der Waals surface area contributed by atoms with Gasteiger partial charge in [0.1, 0.15) is 0 Å². The monoisotopic (exact) mass is 351 g/mol. The summed E-state index contributed by atoms with van der Waals surface area (Å²) in [6, 6.07) is 0. The van der Waals surface area contributed by atoms with E-state index < -0.39 is 5.97 Å². The van der Waals surface area contributed by atoms with Crippen molar-refractivity contribution in [1.29, 1.82) is 0 Å². The molecule has 0 aliphatic heterocycles. The van der Waals surface area contributed by atoms with Gasteiger partial charge in [0.25, 0.3) is 0 Å². The fourth-order valence-corrected chi connectivity index (χ4v) is 3.47. The topological polar surface area (TPSA) is 96.5 Å². The molecule has 7 nitrogen and oxygen atoms in total. The lowest BCUT2D eigenvalue weighted by Gasteiger charge is -2.21. The molecule has 0 radical (unpaired) electrons. The fourth-order valence-electron chi connectivity index (χ4n) is 3.47. The molecular formula is C18H29N3O4. The van der Waals surface area contributed by atoms with Crippen molar-refractivity contribution in [3.05, 3.63) is 11.7 Å². The lowest BCUT2D eigenvalue weighted by molar-refractivity contribution is -0.137. The van der Waals surface area contributed by atoms with Crippen LogP contribution in [-0.2, 0) is 16.1 Å². The number of hydrogen-bond acceptors (Lipinski definition) is 5. The number of rotatable bonds is 9. The van der Waals surface area contributed by atoms with E-state index in [1.807, 2.05) is 0 Å². The number of carboxylic acid groups (broad SMARTS) is 1. The average Bonchev–Trinajstić information content (AvgIpc) is 3.03. The van der Waals surface area contributed by atoms with Crippen LogP contribution >= 0.6 is 0 Å². The van der Waals surface area contributed by atoms with Crippen LogP contribution in [0.1, 0.15) is 82.3 Å². The maximum Gasteiger partial charge on any atom is 0.304 e. The van der Waals surface area contributed by atoms with Gasteiger partial charge in [-0.05, 0) is 12.3 Å². The molecule has 0 aromatic carbocycles. The first-order valence-electron chi connectivity index (χ1n) is 9.21. The number of carbonyl (C=O) groups excluding carboxylic acids is 1. The van der Waals surface area contributed by atoms with Crippen LogP contribution in [0.15, 0.2) is 4.52 Å². The zero-order chi connectivity index (χ0) is 18.2. The molecule has 1 aromatic heterocycles. The number of carbonyl (C=O) groups is 2. The second kappa shape index (κ2) is 9.53. The van der Waals surface area contributed by atoms with E-state index in [0.29, 0.717) is 11.7 Å². The quantitative estimate of drug-likeness (QED) is 0.733. The Kier molecular flexibility index (Phi) is 7.40. The molecule has 1 amide bonds. The lowest BCUT2D eigenvalue weighted by Crippen LogP contribution is -2.23. The van der Waals surface area contributed by atoms with Crippen molar-refractivity contribution in [3.63, 3.8) is 0 Å². The summed E-state index contributed by atoms with van der Waals surface area (Å²) >= 11 is 0. The second-order valence-electron chi connectivity index (χ2n) is 7.15. The normalized spacial score (nSPS) is 16.6. The number of aromatic nitrogens is 2. The van der Waals surface area contributed by atoms with Crippen LogP contribution in [-0.4, -0.2) is 39.1 Å². The van der Waals surface area contributed by atoms with Crippen LogP contribution < -0.4 is 0 Å². The number of nitrogens with zero attached hydrogens (tertiary/aromatic N) is 3. The lowest BCUT2D eigenvalue weighted by atomic mass is 9.84. The van der Waals surface area contributed by atoms with Gasteiger partial charge in [0, 0.05) is 19.9 Å². The van der Waals surface area contributed by atoms with E-state index in [9.17, 15) is 14.7 Å². The van der Waals surface area contributed by atoms with Crippen molar-refractivity contribution in [2.45, 2.75) is 77.2 Å². The predicted octanol–water partition coefficient (Wildman–Crippen LogP) is 3.36. The van der Waals surface area contributed by atoms with E-state index in [1.165, 1.54) is 43.9 Å². The van der Waals surface area contributed by atoms with Crippen molar-refractivity contribution in [1.82, 2.24) is 15.0 Å². The maximum atomic E-state index is 11.3. The zero-order valence-electron chi connectivity index (χ0n) is 15.2. The summed E-state index contributed by atoms with van der Waals surface area (Å²) in [5.74, 6) is 0.365. The molecule has 1 atom stereocenters. The molecule has 0 spiro atoms. The molecule has 1 aliphatic carbocycles. The molecule has 1 heterocycles. The summed E-state index contributed by atoms with van der Waals surface area (Å²) in [6.45, 7) is 1.74. The minimum absolute atomic E-state index is 0.00511. The summed E-state index contributed by atoms with van der Waals surface area (Å²) in [4.78, 5) is 28.3. The van der Waals surface area contributed by atoms with E-state index in [2.05, 4.69) is 10.1 Å². The largest absolute Gasteiger partial charge is 0.481 e. The van der Waals surface area contributed by atoms with Crippen molar-refractivity contribution in [2.75, 3.05) is 7.05 Å². The Hall–Kier alpha value is -1.92. The molecule has 7 heteroatoms. The minimum atomic E-state index is -0.858. The molecule has 140 valence electrons. The molecule has 1 aromatic rings. The zero-order valence-corrected chi connectivity index (χ0v) is 15.2. The van der Waals surface area contributed by atoms with Crippen LogP contribution in [0, 0.1) is 5.92 Å². The van der Waals surface area contributed by atoms with Gasteiger partial charge in [-0.2, -0.15) is 4.98 Å². The highest BCUT2D eigenvalue weighted by atomic mass is 16.5. The van der Waals surface area contributed by atoms with E-state index in [1.54, 1.807) is 7.05 Å². The SMILES string of the molecule is CC(=O)N(C)Cc1noc([C@@H](CCCC2CCCCC2)CC(=O)O)n1. The highest BCUT2D eigenvalue weighted by Gasteiger charge is 2.23. The molecule has 25 heavy (non-hydrogen) atoms. The second-order valence-corrected chi connectivity index (χ2v) is 7.15. The highest BCUT2D eigenvalue weighted by molar-refractivity contribution is 5.72. The van der Waals surface area contributed by atoms with Crippen molar-refractivity contribution in [3.8, 4) is 0 Å².